The van der Waals surface area contributed by atoms with E-state index in [1.165, 1.54) is 37.3 Å². The van der Waals surface area contributed by atoms with E-state index in [-0.39, 0.29) is 16.4 Å². The molecule has 0 bridgehead atoms. The van der Waals surface area contributed by atoms with Gasteiger partial charge in [-0.2, -0.15) is 0 Å². The van der Waals surface area contributed by atoms with Crippen LogP contribution in [0, 0.1) is 10.1 Å². The third kappa shape index (κ3) is 4.82. The van der Waals surface area contributed by atoms with E-state index in [1.807, 2.05) is 35.0 Å². The number of para-hydroxylation sites is 1. The summed E-state index contributed by atoms with van der Waals surface area (Å²) in [5.74, 6) is -0.327. The van der Waals surface area contributed by atoms with Crippen LogP contribution in [0.1, 0.15) is 11.1 Å². The van der Waals surface area contributed by atoms with Crippen molar-refractivity contribution in [1.82, 2.24) is 9.88 Å². The van der Waals surface area contributed by atoms with Gasteiger partial charge in [-0.05, 0) is 42.1 Å². The molecule has 196 valence electrons. The van der Waals surface area contributed by atoms with Crippen LogP contribution in [-0.4, -0.2) is 40.6 Å². The topological polar surface area (TPSA) is 116 Å². The summed E-state index contributed by atoms with van der Waals surface area (Å²) < 4.78 is 12.7. The van der Waals surface area contributed by atoms with Gasteiger partial charge in [0.15, 0.2) is 5.11 Å². The molecule has 39 heavy (non-hydrogen) atoms. The van der Waals surface area contributed by atoms with Gasteiger partial charge < -0.3 is 14.0 Å². The molecule has 2 heterocycles. The minimum Gasteiger partial charge on any atom is -0.497 e. The number of anilines is 1. The van der Waals surface area contributed by atoms with Crippen LogP contribution in [0.15, 0.2) is 78.5 Å². The van der Waals surface area contributed by atoms with Crippen LogP contribution in [0.3, 0.4) is 0 Å². The van der Waals surface area contributed by atoms with Crippen molar-refractivity contribution < 1.29 is 24.0 Å². The molecule has 1 N–H and O–H groups in total. The second kappa shape index (κ2) is 10.4. The lowest BCUT2D eigenvalue weighted by Crippen LogP contribution is -2.54. The Morgan fingerprint density at radius 2 is 1.77 bits per heavy atom. The maximum atomic E-state index is 13.7. The maximum absolute atomic E-state index is 13.7. The summed E-state index contributed by atoms with van der Waals surface area (Å²) in [5, 5.41) is 14.4. The highest BCUT2D eigenvalue weighted by Gasteiger charge is 2.36. The van der Waals surface area contributed by atoms with Gasteiger partial charge in [0.2, 0.25) is 0 Å². The molecule has 0 saturated carbocycles. The molecule has 0 unspecified atom stereocenters. The zero-order chi connectivity index (χ0) is 27.7. The number of nitro benzene ring substituents is 1. The lowest BCUT2D eigenvalue weighted by atomic mass is 10.1. The monoisotopic (exact) mass is 542 g/mol. The fraction of sp³-hybridized carbons (Fsp3) is 0.107. The number of thiocarbonyl (C=S) groups is 1. The Hall–Kier alpha value is -5.03. The van der Waals surface area contributed by atoms with Crippen LogP contribution in [0.5, 0.6) is 11.5 Å². The molecule has 0 atom stereocenters. The molecule has 1 aromatic heterocycles. The molecule has 10 nitrogen and oxygen atoms in total. The Bertz CT molecular complexity index is 1680. The smallest absolute Gasteiger partial charge is 0.270 e. The molecule has 1 saturated heterocycles. The zero-order valence-corrected chi connectivity index (χ0v) is 21.7. The summed E-state index contributed by atoms with van der Waals surface area (Å²) in [6.45, 7) is 0.432. The zero-order valence-electron chi connectivity index (χ0n) is 20.9. The van der Waals surface area contributed by atoms with E-state index in [9.17, 15) is 19.7 Å². The van der Waals surface area contributed by atoms with Crippen molar-refractivity contribution in [2.75, 3.05) is 19.1 Å². The quantitative estimate of drug-likeness (QED) is 0.121. The average molecular weight is 543 g/mol. The summed E-state index contributed by atoms with van der Waals surface area (Å²) in [6.07, 6.45) is 3.38. The third-order valence-electron chi connectivity index (χ3n) is 6.35. The number of nitrogens with one attached hydrogen (secondary N) is 1. The van der Waals surface area contributed by atoms with Crippen molar-refractivity contribution in [1.29, 1.82) is 0 Å². The first kappa shape index (κ1) is 25.6. The van der Waals surface area contributed by atoms with Gasteiger partial charge >= 0.3 is 0 Å². The molecular weight excluding hydrogens is 520 g/mol. The first-order chi connectivity index (χ1) is 18.8. The minimum atomic E-state index is -0.610. The normalized spacial score (nSPS) is 14.6. The summed E-state index contributed by atoms with van der Waals surface area (Å²) >= 11 is 5.34. The van der Waals surface area contributed by atoms with Gasteiger partial charge in [-0.3, -0.25) is 25.0 Å². The van der Waals surface area contributed by atoms with E-state index >= 15 is 0 Å². The van der Waals surface area contributed by atoms with Gasteiger partial charge in [0.1, 0.15) is 17.1 Å². The van der Waals surface area contributed by atoms with Crippen molar-refractivity contribution in [3.63, 3.8) is 0 Å². The van der Waals surface area contributed by atoms with Gasteiger partial charge in [0.25, 0.3) is 17.5 Å². The number of aromatic nitrogens is 1. The van der Waals surface area contributed by atoms with E-state index in [2.05, 4.69) is 5.32 Å². The number of benzene rings is 3. The van der Waals surface area contributed by atoms with E-state index < -0.39 is 16.7 Å². The largest absolute Gasteiger partial charge is 0.497 e. The first-order valence-corrected chi connectivity index (χ1v) is 12.2. The van der Waals surface area contributed by atoms with E-state index in [0.717, 1.165) is 16.5 Å². The Morgan fingerprint density at radius 3 is 2.46 bits per heavy atom. The molecule has 11 heteroatoms. The van der Waals surface area contributed by atoms with Crippen LogP contribution in [0.4, 0.5) is 11.4 Å². The van der Waals surface area contributed by atoms with Crippen molar-refractivity contribution >= 4 is 57.5 Å². The van der Waals surface area contributed by atoms with E-state index in [4.69, 9.17) is 21.7 Å². The van der Waals surface area contributed by atoms with Crippen molar-refractivity contribution in [2.24, 2.45) is 0 Å². The molecular formula is C28H22N4O6S. The number of methoxy groups -OCH3 is 2. The Balaban J connectivity index is 1.54. The molecule has 0 spiro atoms. The van der Waals surface area contributed by atoms with E-state index in [0.29, 0.717) is 29.3 Å². The van der Waals surface area contributed by atoms with Gasteiger partial charge in [-0.15, -0.1) is 0 Å². The second-order valence-electron chi connectivity index (χ2n) is 8.65. The first-order valence-electron chi connectivity index (χ1n) is 11.8. The number of hydrogen-bond acceptors (Lipinski definition) is 7. The highest BCUT2D eigenvalue weighted by atomic mass is 32.1. The second-order valence-corrected chi connectivity index (χ2v) is 9.04. The number of nitrogens with zero attached hydrogens (tertiary/aromatic N) is 3. The number of amides is 2. The standard InChI is InChI=1S/C28H22N4O6S/c1-37-20-11-12-24(25(14-20)38-2)31-27(34)22(26(33)29-28(31)39)13-18-16-30(23-6-4-3-5-21(18)23)15-17-7-9-19(10-8-17)32(35)36/h3-14,16H,15H2,1-2H3,(H,29,33,39)/b22-13+. The number of rotatable bonds is 7. The van der Waals surface area contributed by atoms with Gasteiger partial charge in [0.05, 0.1) is 24.8 Å². The number of fused-ring (bicyclic) bond motifs is 1. The number of carbonyl (C=O) groups excluding carboxylic acids is 2. The van der Waals surface area contributed by atoms with Crippen molar-refractivity contribution in [3.05, 3.63) is 99.7 Å². The molecule has 1 aliphatic rings. The number of hydrogen-bond donors (Lipinski definition) is 1. The molecule has 0 radical (unpaired) electrons. The lowest BCUT2D eigenvalue weighted by molar-refractivity contribution is -0.384. The van der Waals surface area contributed by atoms with Crippen molar-refractivity contribution in [3.8, 4) is 11.5 Å². The van der Waals surface area contributed by atoms with Crippen LogP contribution >= 0.6 is 12.2 Å². The predicted molar refractivity (Wildman–Crippen MR) is 150 cm³/mol. The Labute approximate surface area is 228 Å². The third-order valence-corrected chi connectivity index (χ3v) is 6.63. The summed E-state index contributed by atoms with van der Waals surface area (Å²) in [5.41, 5.74) is 2.66. The molecule has 1 fully saturated rings. The minimum absolute atomic E-state index is 0.0133. The lowest BCUT2D eigenvalue weighted by Gasteiger charge is -2.30. The highest BCUT2D eigenvalue weighted by molar-refractivity contribution is 7.80. The maximum Gasteiger partial charge on any atom is 0.270 e. The van der Waals surface area contributed by atoms with E-state index in [1.54, 1.807) is 30.3 Å². The fourth-order valence-electron chi connectivity index (χ4n) is 4.44. The number of nitro groups is 1. The summed E-state index contributed by atoms with van der Waals surface area (Å²) in [4.78, 5) is 38.4. The summed E-state index contributed by atoms with van der Waals surface area (Å²) in [6, 6.07) is 18.8. The Morgan fingerprint density at radius 1 is 1.03 bits per heavy atom. The average Bonchev–Trinajstić information content (AvgIpc) is 3.28. The van der Waals surface area contributed by atoms with Crippen LogP contribution < -0.4 is 19.7 Å². The molecule has 2 amide bonds. The molecule has 4 aromatic rings. The highest BCUT2D eigenvalue weighted by Crippen LogP contribution is 2.35. The number of carbonyl (C=O) groups is 2. The van der Waals surface area contributed by atoms with Crippen LogP contribution in [0.25, 0.3) is 17.0 Å². The number of non-ortho nitro benzene ring substituents is 1. The van der Waals surface area contributed by atoms with Gasteiger partial charge in [-0.25, -0.2) is 4.90 Å². The number of ether oxygens (including phenoxy) is 2. The Kier molecular flexibility index (Phi) is 6.82. The van der Waals surface area contributed by atoms with Gasteiger partial charge in [0, 0.05) is 47.4 Å². The molecule has 1 aliphatic heterocycles. The van der Waals surface area contributed by atoms with Crippen molar-refractivity contribution in [2.45, 2.75) is 6.54 Å². The SMILES string of the molecule is COc1ccc(N2C(=O)/C(=C/c3cn(Cc4ccc([N+](=O)[O-])cc4)c4ccccc34)C(=O)NC2=S)c(OC)c1. The predicted octanol–water partition coefficient (Wildman–Crippen LogP) is 4.45. The van der Waals surface area contributed by atoms with Gasteiger partial charge in [-0.1, -0.05) is 30.3 Å². The fourth-order valence-corrected chi connectivity index (χ4v) is 4.72. The molecule has 0 aliphatic carbocycles. The van der Waals surface area contributed by atoms with Crippen LogP contribution in [0.2, 0.25) is 0 Å². The molecule has 5 rings (SSSR count). The molecule has 3 aromatic carbocycles. The van der Waals surface area contributed by atoms with Crippen LogP contribution in [-0.2, 0) is 16.1 Å². The summed E-state index contributed by atoms with van der Waals surface area (Å²) in [7, 11) is 2.98.